The fourth-order valence-electron chi connectivity index (χ4n) is 3.32. The van der Waals surface area contributed by atoms with Gasteiger partial charge in [-0.25, -0.2) is 0 Å². The molecule has 28 heavy (non-hydrogen) atoms. The predicted molar refractivity (Wildman–Crippen MR) is 107 cm³/mol. The Balaban J connectivity index is 2.70. The molecule has 1 aliphatic rings. The Morgan fingerprint density at radius 2 is 1.89 bits per heavy atom. The number of aliphatic hydroxyl groups excluding tert-OH is 1. The molecule has 0 aliphatic heterocycles. The topological polar surface area (TPSA) is 105 Å². The minimum absolute atomic E-state index is 0.0113. The molecule has 1 fully saturated rings. The summed E-state index contributed by atoms with van der Waals surface area (Å²) in [5, 5.41) is 14.8. The number of carbonyl (C=O) groups is 3. The van der Waals surface area contributed by atoms with E-state index in [1.807, 2.05) is 0 Å². The Morgan fingerprint density at radius 1 is 1.21 bits per heavy atom. The maximum Gasteiger partial charge on any atom is 0.306 e. The molecule has 0 spiro atoms. The number of rotatable bonds is 13. The molecule has 0 bridgehead atoms. The van der Waals surface area contributed by atoms with Crippen molar-refractivity contribution in [3.05, 3.63) is 25.3 Å². The number of hydrogen-bond acceptors (Lipinski definition) is 5. The molecule has 0 aromatic heterocycles. The second kappa shape index (κ2) is 12.3. The van der Waals surface area contributed by atoms with E-state index in [4.69, 9.17) is 9.84 Å². The van der Waals surface area contributed by atoms with E-state index in [0.29, 0.717) is 12.8 Å². The maximum atomic E-state index is 12.9. The number of allylic oxidation sites excluding steroid dienone is 2. The molecule has 7 heteroatoms. The minimum atomic E-state index is -0.574. The molecule has 1 saturated carbocycles. The summed E-state index contributed by atoms with van der Waals surface area (Å²) in [6, 6.07) is -0.365. The van der Waals surface area contributed by atoms with E-state index in [-0.39, 0.29) is 49.9 Å². The Hall–Kier alpha value is -2.15. The van der Waals surface area contributed by atoms with Crippen LogP contribution in [0, 0.1) is 5.92 Å². The van der Waals surface area contributed by atoms with Crippen molar-refractivity contribution in [2.45, 2.75) is 69.9 Å². The average Bonchev–Trinajstić information content (AvgIpc) is 3.12. The molecule has 0 heterocycles. The highest BCUT2D eigenvalue weighted by molar-refractivity contribution is 5.86. The first-order valence-electron chi connectivity index (χ1n) is 9.95. The van der Waals surface area contributed by atoms with Gasteiger partial charge in [-0.3, -0.25) is 14.4 Å². The van der Waals surface area contributed by atoms with Crippen molar-refractivity contribution >= 4 is 17.8 Å². The summed E-state index contributed by atoms with van der Waals surface area (Å²) in [5.41, 5.74) is -0.574. The van der Waals surface area contributed by atoms with E-state index in [2.05, 4.69) is 23.8 Å². The molecule has 0 radical (unpaired) electrons. The van der Waals surface area contributed by atoms with Gasteiger partial charge in [0.2, 0.25) is 11.8 Å². The Bertz CT molecular complexity index is 555. The smallest absolute Gasteiger partial charge is 0.306 e. The quantitative estimate of drug-likeness (QED) is 0.327. The summed E-state index contributed by atoms with van der Waals surface area (Å²) in [5.74, 6) is -1.40. The zero-order chi connectivity index (χ0) is 21.0. The predicted octanol–water partition coefficient (Wildman–Crippen LogP) is 2.00. The molecule has 158 valence electrons. The normalized spacial score (nSPS) is 17.2. The summed E-state index contributed by atoms with van der Waals surface area (Å²) in [4.78, 5) is 36.8. The maximum absolute atomic E-state index is 12.9. The molecule has 2 atom stereocenters. The van der Waals surface area contributed by atoms with E-state index in [1.54, 1.807) is 19.1 Å². The molecular weight excluding hydrogens is 360 g/mol. The third-order valence-corrected chi connectivity index (χ3v) is 4.95. The van der Waals surface area contributed by atoms with Crippen LogP contribution in [0.1, 0.15) is 58.3 Å². The lowest BCUT2D eigenvalue weighted by Gasteiger charge is -2.31. The monoisotopic (exact) mass is 394 g/mol. The molecule has 0 unspecified atom stereocenters. The van der Waals surface area contributed by atoms with E-state index in [0.717, 1.165) is 25.7 Å². The summed E-state index contributed by atoms with van der Waals surface area (Å²) >= 11 is 0. The average molecular weight is 395 g/mol. The van der Waals surface area contributed by atoms with Crippen molar-refractivity contribution in [2.75, 3.05) is 13.2 Å². The van der Waals surface area contributed by atoms with Crippen LogP contribution >= 0.6 is 0 Å². The van der Waals surface area contributed by atoms with Gasteiger partial charge in [-0.15, -0.1) is 13.2 Å². The van der Waals surface area contributed by atoms with Gasteiger partial charge in [0, 0.05) is 18.9 Å². The van der Waals surface area contributed by atoms with Gasteiger partial charge in [0.1, 0.15) is 6.61 Å². The van der Waals surface area contributed by atoms with Crippen molar-refractivity contribution in [3.63, 3.8) is 0 Å². The second-order valence-electron chi connectivity index (χ2n) is 7.54. The fourth-order valence-corrected chi connectivity index (χ4v) is 3.32. The molecular formula is C21H34N2O5. The van der Waals surface area contributed by atoms with Gasteiger partial charge in [-0.1, -0.05) is 25.0 Å². The zero-order valence-electron chi connectivity index (χ0n) is 16.9. The molecule has 1 rings (SSSR count). The van der Waals surface area contributed by atoms with Crippen LogP contribution in [0.15, 0.2) is 25.3 Å². The van der Waals surface area contributed by atoms with Crippen LogP contribution in [-0.4, -0.2) is 47.7 Å². The SMILES string of the molecule is C=CCCC(=O)OCC1(NC(=O)[C@@H](CC=C)CC(=O)N[C@@H](C)CO)CCCC1. The van der Waals surface area contributed by atoms with Crippen LogP contribution in [0.4, 0.5) is 0 Å². The van der Waals surface area contributed by atoms with Crippen molar-refractivity contribution in [3.8, 4) is 0 Å². The molecule has 7 nitrogen and oxygen atoms in total. The first-order chi connectivity index (χ1) is 13.4. The van der Waals surface area contributed by atoms with Gasteiger partial charge >= 0.3 is 5.97 Å². The number of esters is 1. The van der Waals surface area contributed by atoms with Crippen LogP contribution in [0.3, 0.4) is 0 Å². The van der Waals surface area contributed by atoms with Gasteiger partial charge < -0.3 is 20.5 Å². The number of nitrogens with one attached hydrogen (secondary N) is 2. The number of carbonyl (C=O) groups excluding carboxylic acids is 3. The van der Waals surface area contributed by atoms with Crippen LogP contribution in [-0.2, 0) is 19.1 Å². The van der Waals surface area contributed by atoms with E-state index < -0.39 is 11.5 Å². The lowest BCUT2D eigenvalue weighted by atomic mass is 9.94. The van der Waals surface area contributed by atoms with Crippen molar-refractivity contribution in [1.29, 1.82) is 0 Å². The van der Waals surface area contributed by atoms with Crippen molar-refractivity contribution < 1.29 is 24.2 Å². The molecule has 2 amide bonds. The van der Waals surface area contributed by atoms with Crippen LogP contribution in [0.5, 0.6) is 0 Å². The first-order valence-corrected chi connectivity index (χ1v) is 9.95. The Morgan fingerprint density at radius 3 is 2.46 bits per heavy atom. The van der Waals surface area contributed by atoms with Gasteiger partial charge in [0.05, 0.1) is 18.1 Å². The van der Waals surface area contributed by atoms with E-state index >= 15 is 0 Å². The number of amides is 2. The molecule has 0 aromatic rings. The second-order valence-corrected chi connectivity index (χ2v) is 7.54. The Kier molecular flexibility index (Phi) is 10.5. The summed E-state index contributed by atoms with van der Waals surface area (Å²) in [6.07, 6.45) is 7.86. The first kappa shape index (κ1) is 23.9. The largest absolute Gasteiger partial charge is 0.463 e. The summed E-state index contributed by atoms with van der Waals surface area (Å²) < 4.78 is 5.39. The minimum Gasteiger partial charge on any atom is -0.463 e. The van der Waals surface area contributed by atoms with Crippen molar-refractivity contribution in [2.24, 2.45) is 5.92 Å². The third kappa shape index (κ3) is 8.25. The van der Waals surface area contributed by atoms with Gasteiger partial charge in [0.25, 0.3) is 0 Å². The zero-order valence-corrected chi connectivity index (χ0v) is 16.9. The highest BCUT2D eigenvalue weighted by atomic mass is 16.5. The van der Waals surface area contributed by atoms with E-state index in [9.17, 15) is 14.4 Å². The van der Waals surface area contributed by atoms with Gasteiger partial charge in [-0.05, 0) is 32.6 Å². The lowest BCUT2D eigenvalue weighted by molar-refractivity contribution is -0.147. The van der Waals surface area contributed by atoms with Crippen molar-refractivity contribution in [1.82, 2.24) is 10.6 Å². The summed E-state index contributed by atoms with van der Waals surface area (Å²) in [7, 11) is 0. The summed E-state index contributed by atoms with van der Waals surface area (Å²) in [6.45, 7) is 8.93. The Labute approximate surface area is 167 Å². The standard InChI is InChI=1S/C21H34N2O5/c1-4-6-10-19(26)28-15-21(11-7-8-12-21)23-20(27)17(9-5-2)13-18(25)22-16(3)14-24/h4-5,16-17,24H,1-2,6-15H2,3H3,(H,22,25)(H,23,27)/t16-,17-/m0/s1. The van der Waals surface area contributed by atoms with Crippen LogP contribution in [0.2, 0.25) is 0 Å². The third-order valence-electron chi connectivity index (χ3n) is 4.95. The fraction of sp³-hybridized carbons (Fsp3) is 0.667. The highest BCUT2D eigenvalue weighted by Gasteiger charge is 2.38. The van der Waals surface area contributed by atoms with E-state index in [1.165, 1.54) is 0 Å². The van der Waals surface area contributed by atoms with Gasteiger partial charge in [-0.2, -0.15) is 0 Å². The number of hydrogen-bond donors (Lipinski definition) is 3. The van der Waals surface area contributed by atoms with Crippen LogP contribution in [0.25, 0.3) is 0 Å². The van der Waals surface area contributed by atoms with Gasteiger partial charge in [0.15, 0.2) is 0 Å². The molecule has 0 saturated heterocycles. The van der Waals surface area contributed by atoms with Crippen LogP contribution < -0.4 is 10.6 Å². The lowest BCUT2D eigenvalue weighted by Crippen LogP contribution is -2.52. The number of ether oxygens (including phenoxy) is 1. The molecule has 3 N–H and O–H groups in total. The highest BCUT2D eigenvalue weighted by Crippen LogP contribution is 2.31. The molecule has 1 aliphatic carbocycles. The number of aliphatic hydroxyl groups is 1. The molecule has 0 aromatic carbocycles.